The number of benzene rings is 2. The van der Waals surface area contributed by atoms with E-state index in [-0.39, 0.29) is 12.5 Å². The van der Waals surface area contributed by atoms with Crippen molar-refractivity contribution in [1.29, 1.82) is 0 Å². The smallest absolute Gasteiger partial charge is 0.257 e. The van der Waals surface area contributed by atoms with E-state index >= 15 is 0 Å². The summed E-state index contributed by atoms with van der Waals surface area (Å²) >= 11 is 0. The highest BCUT2D eigenvalue weighted by Crippen LogP contribution is 2.24. The monoisotopic (exact) mass is 313 g/mol. The van der Waals surface area contributed by atoms with E-state index in [2.05, 4.69) is 19.2 Å². The van der Waals surface area contributed by atoms with Crippen molar-refractivity contribution in [2.75, 3.05) is 13.2 Å². The van der Waals surface area contributed by atoms with Crippen molar-refractivity contribution < 1.29 is 9.53 Å². The topological polar surface area (TPSA) is 38.3 Å². The van der Waals surface area contributed by atoms with Gasteiger partial charge in [-0.1, -0.05) is 69.5 Å². The zero-order valence-corrected chi connectivity index (χ0v) is 14.2. The minimum atomic E-state index is -0.0483. The van der Waals surface area contributed by atoms with E-state index in [4.69, 9.17) is 4.74 Å². The van der Waals surface area contributed by atoms with Crippen LogP contribution in [0.1, 0.15) is 39.5 Å². The van der Waals surface area contributed by atoms with Crippen molar-refractivity contribution in [2.24, 2.45) is 5.92 Å². The van der Waals surface area contributed by atoms with E-state index in [1.807, 2.05) is 42.5 Å². The Hall–Kier alpha value is -2.03. The molecule has 0 fully saturated rings. The van der Waals surface area contributed by atoms with Gasteiger partial charge in [0.1, 0.15) is 5.75 Å². The highest BCUT2D eigenvalue weighted by Gasteiger charge is 2.09. The van der Waals surface area contributed by atoms with Gasteiger partial charge < -0.3 is 10.1 Å². The summed E-state index contributed by atoms with van der Waals surface area (Å²) < 4.78 is 5.72. The molecule has 0 bridgehead atoms. The fourth-order valence-electron chi connectivity index (χ4n) is 2.72. The van der Waals surface area contributed by atoms with Crippen LogP contribution >= 0.6 is 0 Å². The van der Waals surface area contributed by atoms with Crippen LogP contribution in [0.15, 0.2) is 42.5 Å². The first-order valence-electron chi connectivity index (χ1n) is 8.61. The fraction of sp³-hybridized carbons (Fsp3) is 0.450. The molecule has 0 spiro atoms. The molecule has 1 atom stereocenters. The van der Waals surface area contributed by atoms with Crippen LogP contribution in [-0.4, -0.2) is 19.1 Å². The number of hydrogen-bond acceptors (Lipinski definition) is 2. The molecule has 1 amide bonds. The van der Waals surface area contributed by atoms with Crippen LogP contribution in [0.5, 0.6) is 5.75 Å². The van der Waals surface area contributed by atoms with E-state index in [1.54, 1.807) is 0 Å². The third-order valence-corrected chi connectivity index (χ3v) is 4.24. The second kappa shape index (κ2) is 9.19. The van der Waals surface area contributed by atoms with Crippen molar-refractivity contribution in [3.05, 3.63) is 42.5 Å². The maximum absolute atomic E-state index is 12.0. The molecule has 0 unspecified atom stereocenters. The van der Waals surface area contributed by atoms with Gasteiger partial charge in [0.05, 0.1) is 0 Å². The molecule has 0 saturated carbocycles. The van der Waals surface area contributed by atoms with Crippen LogP contribution in [0.25, 0.3) is 10.8 Å². The largest absolute Gasteiger partial charge is 0.483 e. The minimum absolute atomic E-state index is 0.0483. The number of carbonyl (C=O) groups is 1. The first-order chi connectivity index (χ1) is 11.2. The SMILES string of the molecule is CCCC[C@H](CC)CNC(=O)COc1cccc2ccccc12. The maximum atomic E-state index is 12.0. The van der Waals surface area contributed by atoms with E-state index in [0.29, 0.717) is 5.92 Å². The van der Waals surface area contributed by atoms with Gasteiger partial charge in [-0.2, -0.15) is 0 Å². The lowest BCUT2D eigenvalue weighted by Gasteiger charge is -2.15. The van der Waals surface area contributed by atoms with Gasteiger partial charge in [0.2, 0.25) is 0 Å². The lowest BCUT2D eigenvalue weighted by molar-refractivity contribution is -0.123. The van der Waals surface area contributed by atoms with Crippen LogP contribution in [0.4, 0.5) is 0 Å². The Bertz CT molecular complexity index is 619. The molecular formula is C20H27NO2. The molecule has 2 aromatic carbocycles. The Kier molecular flexibility index (Phi) is 6.92. The van der Waals surface area contributed by atoms with Crippen LogP contribution in [-0.2, 0) is 4.79 Å². The number of nitrogens with one attached hydrogen (secondary N) is 1. The number of unbranched alkanes of at least 4 members (excludes halogenated alkanes) is 1. The predicted octanol–water partition coefficient (Wildman–Crippen LogP) is 4.55. The van der Waals surface area contributed by atoms with Crippen molar-refractivity contribution in [3.8, 4) is 5.75 Å². The molecule has 0 heterocycles. The Balaban J connectivity index is 1.84. The van der Waals surface area contributed by atoms with Crippen molar-refractivity contribution in [1.82, 2.24) is 5.32 Å². The normalized spacial score (nSPS) is 12.1. The van der Waals surface area contributed by atoms with Gasteiger partial charge in [0, 0.05) is 11.9 Å². The summed E-state index contributed by atoms with van der Waals surface area (Å²) in [6.45, 7) is 5.19. The van der Waals surface area contributed by atoms with Gasteiger partial charge in [-0.05, 0) is 23.8 Å². The molecule has 1 N–H and O–H groups in total. The standard InChI is InChI=1S/C20H27NO2/c1-3-5-9-16(4-2)14-21-20(22)15-23-19-13-8-11-17-10-6-7-12-18(17)19/h6-8,10-13,16H,3-5,9,14-15H2,1-2H3,(H,21,22)/t16-/m0/s1. The summed E-state index contributed by atoms with van der Waals surface area (Å²) in [5.74, 6) is 1.28. The maximum Gasteiger partial charge on any atom is 0.257 e. The first-order valence-corrected chi connectivity index (χ1v) is 8.61. The summed E-state index contributed by atoms with van der Waals surface area (Å²) in [5.41, 5.74) is 0. The van der Waals surface area contributed by atoms with Gasteiger partial charge in [-0.25, -0.2) is 0 Å². The zero-order valence-electron chi connectivity index (χ0n) is 14.2. The first kappa shape index (κ1) is 17.3. The third kappa shape index (κ3) is 5.27. The number of fused-ring (bicyclic) bond motifs is 1. The van der Waals surface area contributed by atoms with Gasteiger partial charge in [-0.3, -0.25) is 4.79 Å². The average Bonchev–Trinajstić information content (AvgIpc) is 2.60. The summed E-state index contributed by atoms with van der Waals surface area (Å²) in [4.78, 5) is 12.0. The quantitative estimate of drug-likeness (QED) is 0.737. The number of amides is 1. The second-order valence-electron chi connectivity index (χ2n) is 5.99. The van der Waals surface area contributed by atoms with E-state index in [1.165, 1.54) is 19.3 Å². The molecule has 0 aliphatic rings. The molecule has 0 aromatic heterocycles. The van der Waals surface area contributed by atoms with Gasteiger partial charge in [0.15, 0.2) is 6.61 Å². The second-order valence-corrected chi connectivity index (χ2v) is 5.99. The minimum Gasteiger partial charge on any atom is -0.483 e. The van der Waals surface area contributed by atoms with Crippen LogP contribution < -0.4 is 10.1 Å². The van der Waals surface area contributed by atoms with E-state index in [0.717, 1.165) is 29.5 Å². The Morgan fingerprint density at radius 1 is 1.13 bits per heavy atom. The number of hydrogen-bond donors (Lipinski definition) is 1. The molecule has 23 heavy (non-hydrogen) atoms. The lowest BCUT2D eigenvalue weighted by Crippen LogP contribution is -2.33. The molecule has 0 aliphatic carbocycles. The van der Waals surface area contributed by atoms with E-state index in [9.17, 15) is 4.79 Å². The van der Waals surface area contributed by atoms with Crippen molar-refractivity contribution in [2.45, 2.75) is 39.5 Å². The number of carbonyl (C=O) groups excluding carboxylic acids is 1. The Morgan fingerprint density at radius 3 is 2.70 bits per heavy atom. The predicted molar refractivity (Wildman–Crippen MR) is 95.8 cm³/mol. The molecule has 2 aromatic rings. The zero-order chi connectivity index (χ0) is 16.5. The average molecular weight is 313 g/mol. The molecule has 124 valence electrons. The van der Waals surface area contributed by atoms with Gasteiger partial charge >= 0.3 is 0 Å². The van der Waals surface area contributed by atoms with Crippen LogP contribution in [0.3, 0.4) is 0 Å². The molecule has 0 radical (unpaired) electrons. The molecular weight excluding hydrogens is 286 g/mol. The molecule has 0 aliphatic heterocycles. The lowest BCUT2D eigenvalue weighted by atomic mass is 9.99. The summed E-state index contributed by atoms with van der Waals surface area (Å²) in [6.07, 6.45) is 4.71. The summed E-state index contributed by atoms with van der Waals surface area (Å²) in [5, 5.41) is 5.16. The number of rotatable bonds is 9. The number of ether oxygens (including phenoxy) is 1. The Morgan fingerprint density at radius 2 is 1.91 bits per heavy atom. The third-order valence-electron chi connectivity index (χ3n) is 4.24. The summed E-state index contributed by atoms with van der Waals surface area (Å²) in [6, 6.07) is 13.9. The fourth-order valence-corrected chi connectivity index (χ4v) is 2.72. The van der Waals surface area contributed by atoms with Gasteiger partial charge in [-0.15, -0.1) is 0 Å². The van der Waals surface area contributed by atoms with E-state index < -0.39 is 0 Å². The van der Waals surface area contributed by atoms with Crippen LogP contribution in [0.2, 0.25) is 0 Å². The van der Waals surface area contributed by atoms with Crippen molar-refractivity contribution >= 4 is 16.7 Å². The molecule has 3 heteroatoms. The highest BCUT2D eigenvalue weighted by atomic mass is 16.5. The molecule has 0 saturated heterocycles. The van der Waals surface area contributed by atoms with Crippen LogP contribution in [0, 0.1) is 5.92 Å². The highest BCUT2D eigenvalue weighted by molar-refractivity contribution is 5.88. The van der Waals surface area contributed by atoms with Crippen molar-refractivity contribution in [3.63, 3.8) is 0 Å². The molecule has 2 rings (SSSR count). The molecule has 3 nitrogen and oxygen atoms in total. The van der Waals surface area contributed by atoms with Gasteiger partial charge in [0.25, 0.3) is 5.91 Å². The Labute approximate surface area is 139 Å². The summed E-state index contributed by atoms with van der Waals surface area (Å²) in [7, 11) is 0.